The molecule has 1 rings (SSSR count). The summed E-state index contributed by atoms with van der Waals surface area (Å²) in [6.07, 6.45) is 11.6. The molecule has 0 radical (unpaired) electrons. The molecular weight excluding hydrogens is 200 g/mol. The average molecular weight is 220 g/mol. The number of esters is 1. The second-order valence-electron chi connectivity index (χ2n) is 4.71. The fourth-order valence-electron chi connectivity index (χ4n) is 2.23. The van der Waals surface area contributed by atoms with Gasteiger partial charge in [0.2, 0.25) is 0 Å². The van der Waals surface area contributed by atoms with Gasteiger partial charge in [0, 0.05) is 13.3 Å². The number of hydrogen-bond acceptors (Lipinski definition) is 2. The minimum Gasteiger partial charge on any atom is -0.442 e. The van der Waals surface area contributed by atoms with Gasteiger partial charge in [-0.1, -0.05) is 25.8 Å². The van der Waals surface area contributed by atoms with Crippen molar-refractivity contribution in [3.8, 4) is 12.3 Å². The molecule has 1 saturated carbocycles. The van der Waals surface area contributed by atoms with Crippen molar-refractivity contribution < 1.29 is 9.53 Å². The Balaban J connectivity index is 3.02. The maximum Gasteiger partial charge on any atom is 0.304 e. The van der Waals surface area contributed by atoms with Crippen LogP contribution in [0.15, 0.2) is 11.6 Å². The molecule has 0 N–H and O–H groups in total. The summed E-state index contributed by atoms with van der Waals surface area (Å²) in [5.41, 5.74) is 0.334. The lowest BCUT2D eigenvalue weighted by atomic mass is 9.79. The minimum absolute atomic E-state index is 0.297. The standard InChI is InChI=1S/C14H20O2/c1-5-14(16-12(4)15)9-7-6-8-13(14)10-11(2)3/h1,10-11H,6-9H2,2-4H3/b13-10+. The topological polar surface area (TPSA) is 26.3 Å². The lowest BCUT2D eigenvalue weighted by molar-refractivity contribution is -0.150. The number of terminal acetylenes is 1. The molecule has 16 heavy (non-hydrogen) atoms. The van der Waals surface area contributed by atoms with Crippen LogP contribution in [0.4, 0.5) is 0 Å². The molecule has 1 fully saturated rings. The van der Waals surface area contributed by atoms with Gasteiger partial charge < -0.3 is 4.74 Å². The molecule has 0 bridgehead atoms. The van der Waals surface area contributed by atoms with Crippen molar-refractivity contribution in [1.29, 1.82) is 0 Å². The number of hydrogen-bond donors (Lipinski definition) is 0. The van der Waals surface area contributed by atoms with Crippen LogP contribution in [0.25, 0.3) is 0 Å². The van der Waals surface area contributed by atoms with E-state index in [1.54, 1.807) is 0 Å². The van der Waals surface area contributed by atoms with Crippen molar-refractivity contribution in [2.75, 3.05) is 0 Å². The summed E-state index contributed by atoms with van der Waals surface area (Å²) >= 11 is 0. The largest absolute Gasteiger partial charge is 0.442 e. The van der Waals surface area contributed by atoms with Crippen LogP contribution in [-0.4, -0.2) is 11.6 Å². The predicted molar refractivity (Wildman–Crippen MR) is 64.7 cm³/mol. The highest BCUT2D eigenvalue weighted by Gasteiger charge is 2.37. The Morgan fingerprint density at radius 1 is 1.56 bits per heavy atom. The predicted octanol–water partition coefficient (Wildman–Crippen LogP) is 3.08. The van der Waals surface area contributed by atoms with Crippen molar-refractivity contribution in [3.63, 3.8) is 0 Å². The highest BCUT2D eigenvalue weighted by atomic mass is 16.6. The van der Waals surface area contributed by atoms with E-state index in [0.29, 0.717) is 5.92 Å². The molecule has 0 spiro atoms. The van der Waals surface area contributed by atoms with E-state index in [1.165, 1.54) is 6.92 Å². The summed E-state index contributed by atoms with van der Waals surface area (Å²) < 4.78 is 5.40. The molecule has 0 amide bonds. The monoisotopic (exact) mass is 220 g/mol. The Bertz CT molecular complexity index is 333. The Morgan fingerprint density at radius 2 is 2.25 bits per heavy atom. The number of allylic oxidation sites excluding steroid dienone is 1. The molecule has 2 nitrogen and oxygen atoms in total. The van der Waals surface area contributed by atoms with Gasteiger partial charge in [-0.05, 0) is 30.8 Å². The first-order chi connectivity index (χ1) is 7.50. The van der Waals surface area contributed by atoms with Crippen LogP contribution in [0.2, 0.25) is 0 Å². The molecule has 1 aliphatic rings. The summed E-state index contributed by atoms with van der Waals surface area (Å²) in [5.74, 6) is 2.82. The normalized spacial score (nSPS) is 27.8. The highest BCUT2D eigenvalue weighted by Crippen LogP contribution is 2.36. The minimum atomic E-state index is -0.769. The summed E-state index contributed by atoms with van der Waals surface area (Å²) in [7, 11) is 0. The summed E-state index contributed by atoms with van der Waals surface area (Å²) in [4.78, 5) is 11.2. The van der Waals surface area contributed by atoms with Crippen LogP contribution in [0.3, 0.4) is 0 Å². The Kier molecular flexibility index (Phi) is 4.18. The molecule has 1 unspecified atom stereocenters. The smallest absolute Gasteiger partial charge is 0.304 e. The molecule has 0 aromatic heterocycles. The van der Waals surface area contributed by atoms with Crippen LogP contribution < -0.4 is 0 Å². The SMILES string of the molecule is C#CC1(OC(C)=O)CCCC/C1=C\C(C)C. The van der Waals surface area contributed by atoms with Crippen LogP contribution in [0, 0.1) is 18.3 Å². The van der Waals surface area contributed by atoms with E-state index in [9.17, 15) is 4.79 Å². The van der Waals surface area contributed by atoms with Gasteiger partial charge in [0.15, 0.2) is 5.60 Å². The average Bonchev–Trinajstić information content (AvgIpc) is 2.19. The van der Waals surface area contributed by atoms with Gasteiger partial charge in [0.05, 0.1) is 0 Å². The Morgan fingerprint density at radius 3 is 2.75 bits per heavy atom. The van der Waals surface area contributed by atoms with Gasteiger partial charge in [-0.2, -0.15) is 0 Å². The first kappa shape index (κ1) is 12.8. The van der Waals surface area contributed by atoms with Gasteiger partial charge >= 0.3 is 5.97 Å². The molecule has 0 heterocycles. The van der Waals surface area contributed by atoms with Crippen LogP contribution >= 0.6 is 0 Å². The van der Waals surface area contributed by atoms with E-state index in [-0.39, 0.29) is 5.97 Å². The second-order valence-corrected chi connectivity index (χ2v) is 4.71. The molecule has 0 aromatic rings. The Hall–Kier alpha value is -1.23. The molecule has 0 saturated heterocycles. The van der Waals surface area contributed by atoms with Gasteiger partial charge in [0.1, 0.15) is 0 Å². The molecule has 2 heteroatoms. The quantitative estimate of drug-likeness (QED) is 0.406. The maximum absolute atomic E-state index is 11.2. The molecule has 0 aromatic carbocycles. The molecule has 88 valence electrons. The maximum atomic E-state index is 11.2. The summed E-state index contributed by atoms with van der Waals surface area (Å²) in [6, 6.07) is 0. The third-order valence-electron chi connectivity index (χ3n) is 2.83. The van der Waals surface area contributed by atoms with E-state index in [2.05, 4.69) is 25.8 Å². The molecular formula is C14H20O2. The fourth-order valence-corrected chi connectivity index (χ4v) is 2.23. The Labute approximate surface area is 98.1 Å². The number of ether oxygens (including phenoxy) is 1. The third kappa shape index (κ3) is 2.88. The van der Waals surface area contributed by atoms with E-state index in [4.69, 9.17) is 11.2 Å². The number of carbonyl (C=O) groups excluding carboxylic acids is 1. The van der Waals surface area contributed by atoms with Crippen molar-refractivity contribution in [2.24, 2.45) is 5.92 Å². The van der Waals surface area contributed by atoms with Gasteiger partial charge in [-0.25, -0.2) is 0 Å². The first-order valence-electron chi connectivity index (χ1n) is 5.88. The summed E-state index contributed by atoms with van der Waals surface area (Å²) in [6.45, 7) is 5.63. The molecule has 0 aliphatic heterocycles. The van der Waals surface area contributed by atoms with E-state index >= 15 is 0 Å². The number of rotatable bonds is 2. The fraction of sp³-hybridized carbons (Fsp3) is 0.643. The lowest BCUT2D eigenvalue weighted by Gasteiger charge is -2.35. The summed E-state index contributed by atoms with van der Waals surface area (Å²) in [5, 5.41) is 0. The molecule has 1 atom stereocenters. The third-order valence-corrected chi connectivity index (χ3v) is 2.83. The van der Waals surface area contributed by atoms with E-state index in [0.717, 1.165) is 31.3 Å². The van der Waals surface area contributed by atoms with E-state index in [1.807, 2.05) is 0 Å². The van der Waals surface area contributed by atoms with Crippen LogP contribution in [0.5, 0.6) is 0 Å². The van der Waals surface area contributed by atoms with Crippen molar-refractivity contribution in [1.82, 2.24) is 0 Å². The van der Waals surface area contributed by atoms with Gasteiger partial charge in [-0.3, -0.25) is 4.79 Å². The van der Waals surface area contributed by atoms with Crippen molar-refractivity contribution in [3.05, 3.63) is 11.6 Å². The zero-order valence-corrected chi connectivity index (χ0v) is 10.4. The van der Waals surface area contributed by atoms with Crippen molar-refractivity contribution >= 4 is 5.97 Å². The van der Waals surface area contributed by atoms with Crippen LogP contribution in [0.1, 0.15) is 46.5 Å². The van der Waals surface area contributed by atoms with Gasteiger partial charge in [-0.15, -0.1) is 6.42 Å². The lowest BCUT2D eigenvalue weighted by Crippen LogP contribution is -2.37. The van der Waals surface area contributed by atoms with Crippen molar-refractivity contribution in [2.45, 2.75) is 52.1 Å². The zero-order valence-electron chi connectivity index (χ0n) is 10.4. The van der Waals surface area contributed by atoms with Crippen LogP contribution in [-0.2, 0) is 9.53 Å². The zero-order chi connectivity index (χ0) is 12.2. The van der Waals surface area contributed by atoms with Gasteiger partial charge in [0.25, 0.3) is 0 Å². The second kappa shape index (κ2) is 5.21. The first-order valence-corrected chi connectivity index (χ1v) is 5.88. The highest BCUT2D eigenvalue weighted by molar-refractivity contribution is 5.68. The van der Waals surface area contributed by atoms with E-state index < -0.39 is 5.60 Å². The number of carbonyl (C=O) groups is 1. The molecule has 1 aliphatic carbocycles.